The van der Waals surface area contributed by atoms with Gasteiger partial charge in [-0.15, -0.1) is 0 Å². The molecule has 0 spiro atoms. The predicted molar refractivity (Wildman–Crippen MR) is 94.2 cm³/mol. The molecule has 1 saturated carbocycles. The molecule has 142 valence electrons. The molecule has 1 aliphatic carbocycles. The monoisotopic (exact) mass is 388 g/mol. The summed E-state index contributed by atoms with van der Waals surface area (Å²) in [5.74, 6) is 1.70. The third kappa shape index (κ3) is 4.03. The SMILES string of the molecule is N#Cc1ccc(S(=O)(=O)N2CC(c3nc(CCOCC4CC4)no3)C2)cc1. The van der Waals surface area contributed by atoms with Crippen LogP contribution in [0.5, 0.6) is 0 Å². The molecule has 9 heteroatoms. The van der Waals surface area contributed by atoms with Gasteiger partial charge in [-0.2, -0.15) is 14.6 Å². The molecule has 0 amide bonds. The summed E-state index contributed by atoms with van der Waals surface area (Å²) >= 11 is 0. The molecular weight excluding hydrogens is 368 g/mol. The van der Waals surface area contributed by atoms with Gasteiger partial charge >= 0.3 is 0 Å². The van der Waals surface area contributed by atoms with Crippen LogP contribution in [0.25, 0.3) is 0 Å². The normalized spacial score (nSPS) is 18.2. The number of hydrogen-bond acceptors (Lipinski definition) is 7. The molecule has 0 unspecified atom stereocenters. The fraction of sp³-hybridized carbons (Fsp3) is 0.500. The third-order valence-electron chi connectivity index (χ3n) is 4.82. The van der Waals surface area contributed by atoms with Crippen molar-refractivity contribution in [3.8, 4) is 6.07 Å². The first-order valence-corrected chi connectivity index (χ1v) is 10.4. The lowest BCUT2D eigenvalue weighted by Crippen LogP contribution is -2.48. The molecule has 0 bridgehead atoms. The molecule has 1 aromatic carbocycles. The van der Waals surface area contributed by atoms with E-state index < -0.39 is 10.0 Å². The summed E-state index contributed by atoms with van der Waals surface area (Å²) in [5, 5.41) is 12.8. The van der Waals surface area contributed by atoms with Crippen molar-refractivity contribution in [3.63, 3.8) is 0 Å². The largest absolute Gasteiger partial charge is 0.381 e. The van der Waals surface area contributed by atoms with Gasteiger partial charge in [-0.25, -0.2) is 8.42 Å². The molecule has 1 aromatic heterocycles. The Labute approximate surface area is 157 Å². The van der Waals surface area contributed by atoms with Crippen LogP contribution < -0.4 is 0 Å². The molecule has 2 heterocycles. The number of aromatic nitrogens is 2. The molecule has 4 rings (SSSR count). The van der Waals surface area contributed by atoms with Crippen molar-refractivity contribution in [1.29, 1.82) is 5.26 Å². The molecule has 0 atom stereocenters. The van der Waals surface area contributed by atoms with Gasteiger partial charge in [0.25, 0.3) is 0 Å². The summed E-state index contributed by atoms with van der Waals surface area (Å²) in [6.07, 6.45) is 3.11. The van der Waals surface area contributed by atoms with Crippen molar-refractivity contribution in [2.24, 2.45) is 5.92 Å². The molecule has 27 heavy (non-hydrogen) atoms. The van der Waals surface area contributed by atoms with E-state index in [9.17, 15) is 8.42 Å². The molecule has 8 nitrogen and oxygen atoms in total. The van der Waals surface area contributed by atoms with Gasteiger partial charge in [-0.05, 0) is 43.0 Å². The lowest BCUT2D eigenvalue weighted by Gasteiger charge is -2.35. The van der Waals surface area contributed by atoms with Crippen molar-refractivity contribution >= 4 is 10.0 Å². The Hall–Kier alpha value is -2.28. The number of hydrogen-bond donors (Lipinski definition) is 0. The van der Waals surface area contributed by atoms with Crippen LogP contribution in [0.3, 0.4) is 0 Å². The van der Waals surface area contributed by atoms with Crippen LogP contribution in [-0.2, 0) is 21.2 Å². The second-order valence-corrected chi connectivity index (χ2v) is 8.91. The average Bonchev–Trinajstić information content (AvgIpc) is 3.35. The number of sulfonamides is 1. The van der Waals surface area contributed by atoms with Crippen molar-refractivity contribution in [2.45, 2.75) is 30.1 Å². The van der Waals surface area contributed by atoms with Gasteiger partial charge in [0, 0.05) is 26.1 Å². The van der Waals surface area contributed by atoms with Gasteiger partial charge in [0.2, 0.25) is 15.9 Å². The summed E-state index contributed by atoms with van der Waals surface area (Å²) in [6, 6.07) is 7.88. The number of rotatable bonds is 8. The fourth-order valence-corrected chi connectivity index (χ4v) is 4.40. The van der Waals surface area contributed by atoms with E-state index in [1.54, 1.807) is 0 Å². The highest BCUT2D eigenvalue weighted by Gasteiger charge is 2.40. The van der Waals surface area contributed by atoms with Crippen LogP contribution in [0.2, 0.25) is 0 Å². The van der Waals surface area contributed by atoms with E-state index in [0.29, 0.717) is 43.4 Å². The van der Waals surface area contributed by atoms with Gasteiger partial charge in [0.15, 0.2) is 5.82 Å². The zero-order valence-corrected chi connectivity index (χ0v) is 15.6. The molecule has 0 N–H and O–H groups in total. The highest BCUT2D eigenvalue weighted by Crippen LogP contribution is 2.31. The van der Waals surface area contributed by atoms with E-state index in [-0.39, 0.29) is 10.8 Å². The highest BCUT2D eigenvalue weighted by atomic mass is 32.2. The van der Waals surface area contributed by atoms with Crippen molar-refractivity contribution in [2.75, 3.05) is 26.3 Å². The van der Waals surface area contributed by atoms with Crippen molar-refractivity contribution in [1.82, 2.24) is 14.4 Å². The van der Waals surface area contributed by atoms with E-state index in [1.165, 1.54) is 41.4 Å². The lowest BCUT2D eigenvalue weighted by molar-refractivity contribution is 0.125. The summed E-state index contributed by atoms with van der Waals surface area (Å²) < 4.78 is 37.4. The second-order valence-electron chi connectivity index (χ2n) is 6.97. The minimum atomic E-state index is -3.57. The predicted octanol–water partition coefficient (Wildman–Crippen LogP) is 1.70. The molecule has 1 saturated heterocycles. The second kappa shape index (κ2) is 7.38. The molecule has 2 aliphatic rings. The maximum Gasteiger partial charge on any atom is 0.243 e. The summed E-state index contributed by atoms with van der Waals surface area (Å²) in [6.45, 7) is 1.99. The first-order chi connectivity index (χ1) is 13.1. The van der Waals surface area contributed by atoms with Crippen LogP contribution in [0.4, 0.5) is 0 Å². The molecular formula is C18H20N4O4S. The van der Waals surface area contributed by atoms with Gasteiger partial charge < -0.3 is 9.26 Å². The summed E-state index contributed by atoms with van der Waals surface area (Å²) in [7, 11) is -3.57. The van der Waals surface area contributed by atoms with Crippen LogP contribution in [0, 0.1) is 17.2 Å². The minimum Gasteiger partial charge on any atom is -0.381 e. The summed E-state index contributed by atoms with van der Waals surface area (Å²) in [5.41, 5.74) is 0.426. The Morgan fingerprint density at radius 2 is 2.00 bits per heavy atom. The zero-order valence-electron chi connectivity index (χ0n) is 14.7. The fourth-order valence-electron chi connectivity index (χ4n) is 2.87. The molecule has 2 fully saturated rings. The van der Waals surface area contributed by atoms with Crippen LogP contribution >= 0.6 is 0 Å². The molecule has 2 aromatic rings. The first-order valence-electron chi connectivity index (χ1n) is 8.97. The van der Waals surface area contributed by atoms with E-state index in [1.807, 2.05) is 6.07 Å². The maximum atomic E-state index is 12.6. The first kappa shape index (κ1) is 18.1. The third-order valence-corrected chi connectivity index (χ3v) is 6.67. The Kier molecular flexibility index (Phi) is 4.95. The average molecular weight is 388 g/mol. The van der Waals surface area contributed by atoms with Gasteiger partial charge in [-0.1, -0.05) is 5.16 Å². The minimum absolute atomic E-state index is 0.0909. The van der Waals surface area contributed by atoms with Gasteiger partial charge in [0.1, 0.15) is 0 Å². The van der Waals surface area contributed by atoms with Gasteiger partial charge in [-0.3, -0.25) is 0 Å². The number of nitrogens with zero attached hydrogens (tertiary/aromatic N) is 4. The number of nitriles is 1. The zero-order chi connectivity index (χ0) is 18.9. The van der Waals surface area contributed by atoms with Crippen LogP contribution in [-0.4, -0.2) is 49.2 Å². The highest BCUT2D eigenvalue weighted by molar-refractivity contribution is 7.89. The van der Waals surface area contributed by atoms with Crippen LogP contribution in [0.1, 0.15) is 36.0 Å². The van der Waals surface area contributed by atoms with Crippen molar-refractivity contribution < 1.29 is 17.7 Å². The molecule has 0 radical (unpaired) electrons. The number of ether oxygens (including phenoxy) is 1. The quantitative estimate of drug-likeness (QED) is 0.633. The van der Waals surface area contributed by atoms with E-state index in [4.69, 9.17) is 14.5 Å². The standard InChI is InChI=1S/C18H20N4O4S/c19-9-13-3-5-16(6-4-13)27(23,24)22-10-15(11-22)18-20-17(21-26-18)7-8-25-12-14-1-2-14/h3-6,14-15H,1-2,7-8,10-12H2. The van der Waals surface area contributed by atoms with Crippen LogP contribution in [0.15, 0.2) is 33.7 Å². The Morgan fingerprint density at radius 3 is 2.67 bits per heavy atom. The Balaban J connectivity index is 1.30. The Morgan fingerprint density at radius 1 is 1.26 bits per heavy atom. The van der Waals surface area contributed by atoms with Crippen molar-refractivity contribution in [3.05, 3.63) is 41.5 Å². The van der Waals surface area contributed by atoms with E-state index >= 15 is 0 Å². The Bertz CT molecular complexity index is 938. The smallest absolute Gasteiger partial charge is 0.243 e. The van der Waals surface area contributed by atoms with E-state index in [0.717, 1.165) is 12.5 Å². The maximum absolute atomic E-state index is 12.6. The summed E-state index contributed by atoms with van der Waals surface area (Å²) in [4.78, 5) is 4.54. The number of benzene rings is 1. The lowest BCUT2D eigenvalue weighted by atomic mass is 10.0. The topological polar surface area (TPSA) is 109 Å². The molecule has 1 aliphatic heterocycles. The van der Waals surface area contributed by atoms with E-state index in [2.05, 4.69) is 10.1 Å². The van der Waals surface area contributed by atoms with Gasteiger partial charge in [0.05, 0.1) is 29.1 Å².